The highest BCUT2D eigenvalue weighted by molar-refractivity contribution is 5.96. The Morgan fingerprint density at radius 3 is 2.44 bits per heavy atom. The zero-order valence-corrected chi connectivity index (χ0v) is 17.8. The van der Waals surface area contributed by atoms with Gasteiger partial charge in [0.25, 0.3) is 5.91 Å². The first kappa shape index (κ1) is 21.5. The fourth-order valence-corrected chi connectivity index (χ4v) is 4.19. The molecular weight excluding hydrogens is 358 g/mol. The third-order valence-electron chi connectivity index (χ3n) is 5.98. The standard InChI is InChI=1S/C22H31N3O.ClH/c1-15-13-19(21(26)24-12-11-20(23)22(4,5)14-24)17(3)25(15)16(2)18-9-7-6-8-10-18;/h6-10,13,16,20H,11-12,14,23H2,1-5H3;1H. The quantitative estimate of drug-likeness (QED) is 0.849. The molecule has 0 saturated carbocycles. The molecule has 2 atom stereocenters. The van der Waals surface area contributed by atoms with Gasteiger partial charge in [0, 0.05) is 30.5 Å². The van der Waals surface area contributed by atoms with Crippen molar-refractivity contribution in [2.24, 2.45) is 11.1 Å². The van der Waals surface area contributed by atoms with Crippen molar-refractivity contribution < 1.29 is 4.79 Å². The van der Waals surface area contributed by atoms with Crippen LogP contribution in [0.5, 0.6) is 0 Å². The molecule has 2 N–H and O–H groups in total. The van der Waals surface area contributed by atoms with Gasteiger partial charge >= 0.3 is 0 Å². The van der Waals surface area contributed by atoms with E-state index in [1.807, 2.05) is 17.0 Å². The summed E-state index contributed by atoms with van der Waals surface area (Å²) in [7, 11) is 0. The van der Waals surface area contributed by atoms with E-state index >= 15 is 0 Å². The first-order valence-electron chi connectivity index (χ1n) is 9.50. The average Bonchev–Trinajstić information content (AvgIpc) is 2.91. The van der Waals surface area contributed by atoms with Crippen molar-refractivity contribution in [1.29, 1.82) is 0 Å². The number of halogens is 1. The fourth-order valence-electron chi connectivity index (χ4n) is 4.19. The summed E-state index contributed by atoms with van der Waals surface area (Å²) >= 11 is 0. The van der Waals surface area contributed by atoms with Gasteiger partial charge in [-0.05, 0) is 44.2 Å². The molecule has 1 aliphatic rings. The maximum atomic E-state index is 13.2. The highest BCUT2D eigenvalue weighted by atomic mass is 35.5. The van der Waals surface area contributed by atoms with Crippen LogP contribution in [0, 0.1) is 19.3 Å². The van der Waals surface area contributed by atoms with Gasteiger partial charge in [-0.3, -0.25) is 4.79 Å². The zero-order chi connectivity index (χ0) is 19.1. The van der Waals surface area contributed by atoms with Gasteiger partial charge in [0.2, 0.25) is 0 Å². The Labute approximate surface area is 169 Å². The van der Waals surface area contributed by atoms with Gasteiger partial charge in [-0.15, -0.1) is 12.4 Å². The molecule has 1 fully saturated rings. The molecule has 2 unspecified atom stereocenters. The molecular formula is C22H32ClN3O. The maximum absolute atomic E-state index is 13.2. The number of amides is 1. The summed E-state index contributed by atoms with van der Waals surface area (Å²) in [5, 5.41) is 0. The highest BCUT2D eigenvalue weighted by Gasteiger charge is 2.36. The van der Waals surface area contributed by atoms with Crippen LogP contribution in [0.3, 0.4) is 0 Å². The van der Waals surface area contributed by atoms with Crippen LogP contribution >= 0.6 is 12.4 Å². The van der Waals surface area contributed by atoms with E-state index in [-0.39, 0.29) is 35.8 Å². The topological polar surface area (TPSA) is 51.3 Å². The summed E-state index contributed by atoms with van der Waals surface area (Å²) in [4.78, 5) is 15.2. The molecule has 0 radical (unpaired) electrons. The number of nitrogens with zero attached hydrogens (tertiary/aromatic N) is 2. The summed E-state index contributed by atoms with van der Waals surface area (Å²) in [6.45, 7) is 12.1. The summed E-state index contributed by atoms with van der Waals surface area (Å²) in [5.41, 5.74) is 10.4. The number of likely N-dealkylation sites (tertiary alicyclic amines) is 1. The normalized spacial score (nSPS) is 20.1. The predicted octanol–water partition coefficient (Wildman–Crippen LogP) is 4.34. The Morgan fingerprint density at radius 1 is 1.22 bits per heavy atom. The SMILES string of the molecule is Cc1cc(C(=O)N2CCC(N)C(C)(C)C2)c(C)n1C(C)c1ccccc1.Cl. The van der Waals surface area contributed by atoms with E-state index in [4.69, 9.17) is 5.73 Å². The minimum Gasteiger partial charge on any atom is -0.341 e. The average molecular weight is 390 g/mol. The fraction of sp³-hybridized carbons (Fsp3) is 0.500. The Hall–Kier alpha value is -1.78. The highest BCUT2D eigenvalue weighted by Crippen LogP contribution is 2.31. The third kappa shape index (κ3) is 4.07. The second-order valence-corrected chi connectivity index (χ2v) is 8.35. The van der Waals surface area contributed by atoms with Crippen molar-refractivity contribution in [1.82, 2.24) is 9.47 Å². The van der Waals surface area contributed by atoms with E-state index < -0.39 is 0 Å². The van der Waals surface area contributed by atoms with Crippen molar-refractivity contribution in [3.63, 3.8) is 0 Å². The molecule has 5 heteroatoms. The summed E-state index contributed by atoms with van der Waals surface area (Å²) < 4.78 is 2.27. The van der Waals surface area contributed by atoms with Gasteiger partial charge in [0.05, 0.1) is 11.6 Å². The van der Waals surface area contributed by atoms with Gasteiger partial charge in [-0.1, -0.05) is 44.2 Å². The smallest absolute Gasteiger partial charge is 0.255 e. The molecule has 1 amide bonds. The van der Waals surface area contributed by atoms with Crippen LogP contribution in [0.1, 0.15) is 60.5 Å². The number of benzene rings is 1. The van der Waals surface area contributed by atoms with Crippen LogP contribution in [0.25, 0.3) is 0 Å². The lowest BCUT2D eigenvalue weighted by molar-refractivity contribution is 0.0532. The molecule has 0 aliphatic carbocycles. The molecule has 1 aliphatic heterocycles. The van der Waals surface area contributed by atoms with Gasteiger partial charge in [0.1, 0.15) is 0 Å². The van der Waals surface area contributed by atoms with Crippen molar-refractivity contribution in [3.05, 3.63) is 58.9 Å². The Bertz CT molecular complexity index is 797. The van der Waals surface area contributed by atoms with Crippen LogP contribution < -0.4 is 5.73 Å². The van der Waals surface area contributed by atoms with Gasteiger partial charge in [-0.25, -0.2) is 0 Å². The lowest BCUT2D eigenvalue weighted by Crippen LogP contribution is -2.54. The lowest BCUT2D eigenvalue weighted by atomic mass is 9.79. The molecule has 2 aromatic rings. The third-order valence-corrected chi connectivity index (χ3v) is 5.98. The summed E-state index contributed by atoms with van der Waals surface area (Å²) in [6, 6.07) is 12.8. The minimum absolute atomic E-state index is 0. The van der Waals surface area contributed by atoms with Crippen LogP contribution in [-0.4, -0.2) is 34.5 Å². The number of aryl methyl sites for hydroxylation is 1. The predicted molar refractivity (Wildman–Crippen MR) is 114 cm³/mol. The van der Waals surface area contributed by atoms with E-state index in [1.165, 1.54) is 5.56 Å². The number of carbonyl (C=O) groups is 1. The van der Waals surface area contributed by atoms with E-state index in [2.05, 4.69) is 63.5 Å². The number of carbonyl (C=O) groups excluding carboxylic acids is 1. The first-order chi connectivity index (χ1) is 12.2. The number of hydrogen-bond acceptors (Lipinski definition) is 2. The van der Waals surface area contributed by atoms with E-state index in [0.29, 0.717) is 6.54 Å². The number of hydrogen-bond donors (Lipinski definition) is 1. The van der Waals surface area contributed by atoms with E-state index in [1.54, 1.807) is 0 Å². The Kier molecular flexibility index (Phi) is 6.43. The van der Waals surface area contributed by atoms with E-state index in [9.17, 15) is 4.79 Å². The second kappa shape index (κ2) is 8.07. The lowest BCUT2D eigenvalue weighted by Gasteiger charge is -2.42. The summed E-state index contributed by atoms with van der Waals surface area (Å²) in [6.07, 6.45) is 0.859. The molecule has 1 aromatic carbocycles. The van der Waals surface area contributed by atoms with Gasteiger partial charge in [0.15, 0.2) is 0 Å². The first-order valence-corrected chi connectivity index (χ1v) is 9.50. The minimum atomic E-state index is -0.0449. The zero-order valence-electron chi connectivity index (χ0n) is 17.0. The van der Waals surface area contributed by atoms with Gasteiger partial charge < -0.3 is 15.2 Å². The van der Waals surface area contributed by atoms with Crippen LogP contribution in [0.2, 0.25) is 0 Å². The summed E-state index contributed by atoms with van der Waals surface area (Å²) in [5.74, 6) is 0.129. The number of nitrogens with two attached hydrogens (primary N) is 1. The molecule has 1 aromatic heterocycles. The van der Waals surface area contributed by atoms with Crippen LogP contribution in [-0.2, 0) is 0 Å². The molecule has 0 spiro atoms. The molecule has 0 bridgehead atoms. The second-order valence-electron chi connectivity index (χ2n) is 8.35. The number of piperidine rings is 1. The monoisotopic (exact) mass is 389 g/mol. The van der Waals surface area contributed by atoms with Crippen molar-refractivity contribution >= 4 is 18.3 Å². The molecule has 27 heavy (non-hydrogen) atoms. The van der Waals surface area contributed by atoms with Crippen LogP contribution in [0.15, 0.2) is 36.4 Å². The molecule has 1 saturated heterocycles. The number of aromatic nitrogens is 1. The van der Waals surface area contributed by atoms with Crippen LogP contribution in [0.4, 0.5) is 0 Å². The Morgan fingerprint density at radius 2 is 1.85 bits per heavy atom. The Balaban J connectivity index is 0.00000261. The van der Waals surface area contributed by atoms with Crippen molar-refractivity contribution in [3.8, 4) is 0 Å². The van der Waals surface area contributed by atoms with E-state index in [0.717, 1.165) is 29.9 Å². The van der Waals surface area contributed by atoms with Crippen molar-refractivity contribution in [2.45, 2.75) is 53.1 Å². The molecule has 4 nitrogen and oxygen atoms in total. The van der Waals surface area contributed by atoms with Gasteiger partial charge in [-0.2, -0.15) is 0 Å². The maximum Gasteiger partial charge on any atom is 0.255 e. The largest absolute Gasteiger partial charge is 0.341 e. The molecule has 3 rings (SSSR count). The molecule has 2 heterocycles. The molecule has 148 valence electrons. The number of rotatable bonds is 3. The van der Waals surface area contributed by atoms with Crippen molar-refractivity contribution in [2.75, 3.05) is 13.1 Å².